The Bertz CT molecular complexity index is 1170. The number of ether oxygens (including phenoxy) is 1. The number of hydrogen-bond donors (Lipinski definition) is 2. The van der Waals surface area contributed by atoms with Crippen molar-refractivity contribution in [2.24, 2.45) is 0 Å². The average Bonchev–Trinajstić information content (AvgIpc) is 3.22. The molecule has 0 radical (unpaired) electrons. The Hall–Kier alpha value is -3.71. The number of aromatic amines is 1. The largest absolute Gasteiger partial charge is 0.489 e. The van der Waals surface area contributed by atoms with Crippen LogP contribution in [-0.4, -0.2) is 40.5 Å². The molecule has 1 fully saturated rings. The van der Waals surface area contributed by atoms with Crippen molar-refractivity contribution in [2.75, 3.05) is 24.5 Å². The highest BCUT2D eigenvalue weighted by Crippen LogP contribution is 2.24. The number of carbonyl (C=O) groups is 1. The summed E-state index contributed by atoms with van der Waals surface area (Å²) in [7, 11) is 0. The Balaban J connectivity index is 1.33. The number of aromatic nitrogens is 3. The summed E-state index contributed by atoms with van der Waals surface area (Å²) in [4.78, 5) is 26.3. The Labute approximate surface area is 173 Å². The number of nitrogens with one attached hydrogen (secondary N) is 2. The van der Waals surface area contributed by atoms with Gasteiger partial charge in [-0.3, -0.25) is 9.69 Å². The fraction of sp³-hybridized carbons (Fsp3) is 0.174. The summed E-state index contributed by atoms with van der Waals surface area (Å²) in [5.41, 5.74) is 3.50. The lowest BCUT2D eigenvalue weighted by atomic mass is 10.2. The first kappa shape index (κ1) is 18.3. The molecule has 0 unspecified atom stereocenters. The van der Waals surface area contributed by atoms with Crippen LogP contribution in [0.3, 0.4) is 0 Å². The molecule has 2 aromatic heterocycles. The van der Waals surface area contributed by atoms with Crippen LogP contribution in [0.1, 0.15) is 5.56 Å². The van der Waals surface area contributed by atoms with E-state index in [-0.39, 0.29) is 5.91 Å². The van der Waals surface area contributed by atoms with Gasteiger partial charge in [-0.25, -0.2) is 9.97 Å². The van der Waals surface area contributed by atoms with Gasteiger partial charge in [-0.2, -0.15) is 0 Å². The molecule has 1 aliphatic rings. The molecule has 7 heteroatoms. The van der Waals surface area contributed by atoms with E-state index < -0.39 is 0 Å². The van der Waals surface area contributed by atoms with E-state index in [4.69, 9.17) is 4.74 Å². The van der Waals surface area contributed by atoms with Crippen LogP contribution in [0.4, 0.5) is 5.82 Å². The summed E-state index contributed by atoms with van der Waals surface area (Å²) in [6.45, 7) is 2.24. The van der Waals surface area contributed by atoms with Crippen LogP contribution >= 0.6 is 0 Å². The molecule has 0 bridgehead atoms. The Morgan fingerprint density at radius 2 is 1.80 bits per heavy atom. The average molecular weight is 399 g/mol. The molecule has 3 heterocycles. The Morgan fingerprint density at radius 1 is 0.967 bits per heavy atom. The lowest BCUT2D eigenvalue weighted by molar-refractivity contribution is -0.118. The second kappa shape index (κ2) is 7.96. The van der Waals surface area contributed by atoms with Gasteiger partial charge in [-0.1, -0.05) is 30.3 Å². The summed E-state index contributed by atoms with van der Waals surface area (Å²) in [6.07, 6.45) is 0. The molecule has 7 nitrogen and oxygen atoms in total. The van der Waals surface area contributed by atoms with Crippen LogP contribution in [0, 0.1) is 0 Å². The van der Waals surface area contributed by atoms with Crippen LogP contribution < -0.4 is 15.0 Å². The van der Waals surface area contributed by atoms with E-state index in [1.807, 2.05) is 66.7 Å². The van der Waals surface area contributed by atoms with Crippen molar-refractivity contribution in [3.63, 3.8) is 0 Å². The molecule has 0 aliphatic carbocycles. The van der Waals surface area contributed by atoms with E-state index in [2.05, 4.69) is 20.3 Å². The summed E-state index contributed by atoms with van der Waals surface area (Å²) >= 11 is 0. The first-order chi connectivity index (χ1) is 14.8. The van der Waals surface area contributed by atoms with Crippen molar-refractivity contribution in [3.8, 4) is 17.1 Å². The normalized spacial score (nSPS) is 14.3. The SMILES string of the molecule is O=C1CNCCN1c1ccc2[nH]c(-c3ccc(OCc4ccccc4)cc3)nc2n1. The molecule has 2 N–H and O–H groups in total. The molecular weight excluding hydrogens is 378 g/mol. The highest BCUT2D eigenvalue weighted by atomic mass is 16.5. The number of amides is 1. The van der Waals surface area contributed by atoms with E-state index in [1.165, 1.54) is 0 Å². The maximum atomic E-state index is 12.1. The number of anilines is 1. The molecule has 2 aromatic carbocycles. The molecule has 30 heavy (non-hydrogen) atoms. The van der Waals surface area contributed by atoms with Crippen LogP contribution in [0.15, 0.2) is 66.7 Å². The van der Waals surface area contributed by atoms with Crippen LogP contribution in [0.25, 0.3) is 22.6 Å². The highest BCUT2D eigenvalue weighted by molar-refractivity contribution is 5.95. The van der Waals surface area contributed by atoms with Gasteiger partial charge in [-0.05, 0) is 42.0 Å². The van der Waals surface area contributed by atoms with Crippen molar-refractivity contribution in [1.29, 1.82) is 0 Å². The Morgan fingerprint density at radius 3 is 2.60 bits per heavy atom. The quantitative estimate of drug-likeness (QED) is 0.539. The number of imidazole rings is 1. The highest BCUT2D eigenvalue weighted by Gasteiger charge is 2.21. The monoisotopic (exact) mass is 399 g/mol. The second-order valence-electron chi connectivity index (χ2n) is 7.15. The van der Waals surface area contributed by atoms with Gasteiger partial charge in [0.25, 0.3) is 0 Å². The molecule has 0 spiro atoms. The number of rotatable bonds is 5. The fourth-order valence-electron chi connectivity index (χ4n) is 3.47. The summed E-state index contributed by atoms with van der Waals surface area (Å²) in [5, 5.41) is 3.07. The molecule has 0 atom stereocenters. The molecule has 150 valence electrons. The molecule has 1 saturated heterocycles. The summed E-state index contributed by atoms with van der Waals surface area (Å²) in [6, 6.07) is 21.7. The molecule has 1 aliphatic heterocycles. The van der Waals surface area contributed by atoms with Crippen molar-refractivity contribution in [3.05, 3.63) is 72.3 Å². The zero-order chi connectivity index (χ0) is 20.3. The molecule has 4 aromatic rings. The van der Waals surface area contributed by atoms with Gasteiger partial charge < -0.3 is 15.0 Å². The lowest BCUT2D eigenvalue weighted by Gasteiger charge is -2.26. The predicted molar refractivity (Wildman–Crippen MR) is 115 cm³/mol. The van der Waals surface area contributed by atoms with Gasteiger partial charge in [0.1, 0.15) is 24.0 Å². The third-order valence-corrected chi connectivity index (χ3v) is 5.07. The number of pyridine rings is 1. The summed E-state index contributed by atoms with van der Waals surface area (Å²) < 4.78 is 5.85. The number of piperazine rings is 1. The topological polar surface area (TPSA) is 83.1 Å². The lowest BCUT2D eigenvalue weighted by Crippen LogP contribution is -2.48. The smallest absolute Gasteiger partial charge is 0.242 e. The number of H-pyrrole nitrogens is 1. The zero-order valence-corrected chi connectivity index (χ0v) is 16.3. The predicted octanol–water partition coefficient (Wildman–Crippen LogP) is 3.14. The maximum absolute atomic E-state index is 12.1. The summed E-state index contributed by atoms with van der Waals surface area (Å²) in [5.74, 6) is 2.19. The number of hydrogen-bond acceptors (Lipinski definition) is 5. The minimum absolute atomic E-state index is 0.0231. The van der Waals surface area contributed by atoms with Gasteiger partial charge in [0.15, 0.2) is 5.65 Å². The van der Waals surface area contributed by atoms with Gasteiger partial charge >= 0.3 is 0 Å². The number of fused-ring (bicyclic) bond motifs is 1. The van der Waals surface area contributed by atoms with Gasteiger partial charge in [-0.15, -0.1) is 0 Å². The van der Waals surface area contributed by atoms with Crippen LogP contribution in [0.2, 0.25) is 0 Å². The van der Waals surface area contributed by atoms with E-state index in [1.54, 1.807) is 4.90 Å². The van der Waals surface area contributed by atoms with Gasteiger partial charge in [0.2, 0.25) is 5.91 Å². The van der Waals surface area contributed by atoms with Crippen LogP contribution in [-0.2, 0) is 11.4 Å². The number of carbonyl (C=O) groups excluding carboxylic acids is 1. The van der Waals surface area contributed by atoms with Gasteiger partial charge in [0.05, 0.1) is 12.1 Å². The van der Waals surface area contributed by atoms with Crippen molar-refractivity contribution in [2.45, 2.75) is 6.61 Å². The van der Waals surface area contributed by atoms with E-state index in [0.717, 1.165) is 34.8 Å². The minimum atomic E-state index is 0.0231. The first-order valence-corrected chi connectivity index (χ1v) is 9.91. The van der Waals surface area contributed by atoms with Crippen molar-refractivity contribution >= 4 is 22.9 Å². The Kier molecular flexibility index (Phi) is 4.86. The molecule has 1 amide bonds. The zero-order valence-electron chi connectivity index (χ0n) is 16.3. The van der Waals surface area contributed by atoms with E-state index in [0.29, 0.717) is 31.2 Å². The third-order valence-electron chi connectivity index (χ3n) is 5.07. The van der Waals surface area contributed by atoms with Crippen molar-refractivity contribution < 1.29 is 9.53 Å². The maximum Gasteiger partial charge on any atom is 0.242 e. The van der Waals surface area contributed by atoms with E-state index in [9.17, 15) is 4.79 Å². The fourth-order valence-corrected chi connectivity index (χ4v) is 3.47. The molecular formula is C23H21N5O2. The first-order valence-electron chi connectivity index (χ1n) is 9.91. The minimum Gasteiger partial charge on any atom is -0.489 e. The van der Waals surface area contributed by atoms with E-state index >= 15 is 0 Å². The molecule has 5 rings (SSSR count). The van der Waals surface area contributed by atoms with Gasteiger partial charge in [0, 0.05) is 18.7 Å². The number of nitrogens with zero attached hydrogens (tertiary/aromatic N) is 3. The third kappa shape index (κ3) is 3.75. The number of benzene rings is 2. The standard InChI is InChI=1S/C23H21N5O2/c29-21-14-24-12-13-28(21)20-11-10-19-23(26-20)27-22(25-19)17-6-8-18(9-7-17)30-15-16-4-2-1-3-5-16/h1-11,24H,12-15H2,(H,25,26,27). The molecule has 0 saturated carbocycles. The van der Waals surface area contributed by atoms with Crippen LogP contribution in [0.5, 0.6) is 5.75 Å². The second-order valence-corrected chi connectivity index (χ2v) is 7.15. The van der Waals surface area contributed by atoms with Crippen molar-refractivity contribution in [1.82, 2.24) is 20.3 Å².